The highest BCUT2D eigenvalue weighted by atomic mass is 32.2. The molecule has 2 fully saturated rings. The number of anilines is 2. The molecule has 2 aliphatic rings. The van der Waals surface area contributed by atoms with Crippen LogP contribution in [-0.4, -0.2) is 116 Å². The van der Waals surface area contributed by atoms with E-state index in [1.807, 2.05) is 35.4 Å². The number of sulfone groups is 2. The monoisotopic (exact) mass is 944 g/mol. The molecule has 346 valence electrons. The van der Waals surface area contributed by atoms with Crippen molar-refractivity contribution < 1.29 is 49.5 Å². The van der Waals surface area contributed by atoms with Gasteiger partial charge < -0.3 is 23.7 Å². The molecule has 66 heavy (non-hydrogen) atoms. The number of methoxy groups -OCH3 is 1. The maximum Gasteiger partial charge on any atom is 0.337 e. The van der Waals surface area contributed by atoms with E-state index in [1.54, 1.807) is 47.2 Å². The number of hydrazine groups is 1. The standard InChI is InChI=1S/C45H46F2N8O9S2/c1-50-13-11-29-21-35(7-9-40(29)50)55(26-34-6-4-32(24-39(34)47)43(57)64-2)45(59)53-17-20-66(62,63)37(28-53)27-52-14-12-30-22-36(8-10-41(30)52)54(44(58)51-15-18-65(60,61)19-16-51)25-33-5-3-31(23-38(33)46)42(56)49-48/h3-14,21-24,37H,15-20,25-28,48H2,1-2H3,(H,49,56). The lowest BCUT2D eigenvalue weighted by molar-refractivity contribution is 0.0599. The van der Waals surface area contributed by atoms with Crippen molar-refractivity contribution >= 4 is 76.8 Å². The van der Waals surface area contributed by atoms with Crippen molar-refractivity contribution in [3.05, 3.63) is 131 Å². The largest absolute Gasteiger partial charge is 0.465 e. The number of nitrogen functional groups attached to an aromatic ring is 1. The smallest absolute Gasteiger partial charge is 0.337 e. The number of fused-ring (bicyclic) bond motifs is 2. The first-order valence-electron chi connectivity index (χ1n) is 20.8. The van der Waals surface area contributed by atoms with Gasteiger partial charge in [-0.25, -0.2) is 45.8 Å². The predicted molar refractivity (Wildman–Crippen MR) is 243 cm³/mol. The van der Waals surface area contributed by atoms with Crippen LogP contribution in [0.25, 0.3) is 21.8 Å². The first-order valence-corrected chi connectivity index (χ1v) is 24.3. The zero-order valence-electron chi connectivity index (χ0n) is 35.9. The number of urea groups is 2. The molecule has 4 heterocycles. The van der Waals surface area contributed by atoms with Gasteiger partial charge in [-0.2, -0.15) is 0 Å². The lowest BCUT2D eigenvalue weighted by atomic mass is 10.1. The number of aryl methyl sites for hydroxylation is 1. The zero-order valence-corrected chi connectivity index (χ0v) is 37.5. The molecule has 17 nitrogen and oxygen atoms in total. The van der Waals surface area contributed by atoms with E-state index in [2.05, 4.69) is 0 Å². The summed E-state index contributed by atoms with van der Waals surface area (Å²) >= 11 is 0. The van der Waals surface area contributed by atoms with Crippen LogP contribution in [0.3, 0.4) is 0 Å². The highest BCUT2D eigenvalue weighted by Crippen LogP contribution is 2.31. The molecule has 5 amide bonds. The van der Waals surface area contributed by atoms with Crippen LogP contribution < -0.4 is 21.1 Å². The Balaban J connectivity index is 1.06. The Labute approximate surface area is 378 Å². The van der Waals surface area contributed by atoms with Crippen LogP contribution in [0.15, 0.2) is 97.3 Å². The Morgan fingerprint density at radius 2 is 1.26 bits per heavy atom. The maximum absolute atomic E-state index is 15.6. The van der Waals surface area contributed by atoms with Gasteiger partial charge in [0.15, 0.2) is 19.7 Å². The number of nitrogens with zero attached hydrogens (tertiary/aromatic N) is 6. The number of halogens is 2. The second-order valence-electron chi connectivity index (χ2n) is 16.3. The van der Waals surface area contributed by atoms with Crippen molar-refractivity contribution in [1.29, 1.82) is 0 Å². The molecule has 2 aromatic heterocycles. The average molecular weight is 945 g/mol. The number of carbonyl (C=O) groups is 4. The molecule has 21 heteroatoms. The Bertz CT molecular complexity index is 3130. The summed E-state index contributed by atoms with van der Waals surface area (Å²) < 4.78 is 91.2. The minimum absolute atomic E-state index is 0.000635. The number of benzene rings is 4. The van der Waals surface area contributed by atoms with Gasteiger partial charge in [-0.15, -0.1) is 0 Å². The summed E-state index contributed by atoms with van der Waals surface area (Å²) in [7, 11) is -4.01. The number of hydrogen-bond donors (Lipinski definition) is 2. The third-order valence-electron chi connectivity index (χ3n) is 12.1. The summed E-state index contributed by atoms with van der Waals surface area (Å²) in [5, 5.41) is 0.372. The first kappa shape index (κ1) is 45.7. The molecular formula is C45H46F2N8O9S2. The van der Waals surface area contributed by atoms with Gasteiger partial charge in [0, 0.05) is 102 Å². The highest BCUT2D eigenvalue weighted by Gasteiger charge is 2.38. The van der Waals surface area contributed by atoms with Crippen LogP contribution in [0.4, 0.5) is 29.7 Å². The first-order chi connectivity index (χ1) is 31.4. The van der Waals surface area contributed by atoms with Crippen molar-refractivity contribution in [2.45, 2.75) is 24.9 Å². The highest BCUT2D eigenvalue weighted by molar-refractivity contribution is 7.92. The van der Waals surface area contributed by atoms with Gasteiger partial charge in [0.2, 0.25) is 0 Å². The van der Waals surface area contributed by atoms with E-state index in [0.717, 1.165) is 23.0 Å². The SMILES string of the molecule is COC(=O)c1ccc(CN(C(=O)N2CCS(=O)(=O)C(Cn3ccc4cc(N(Cc5ccc(C(=O)NN)cc5F)C(=O)N5CCS(=O)(=O)CC5)ccc43)C2)c2ccc3c(ccn3C)c2)c(F)c1. The Kier molecular flexibility index (Phi) is 12.6. The van der Waals surface area contributed by atoms with Crippen molar-refractivity contribution in [3.8, 4) is 0 Å². The number of nitrogens with one attached hydrogen (secondary N) is 1. The van der Waals surface area contributed by atoms with Gasteiger partial charge in [0.1, 0.15) is 11.6 Å². The Hall–Kier alpha value is -6.84. The lowest BCUT2D eigenvalue weighted by Gasteiger charge is -2.36. The normalized spacial score (nSPS) is 16.8. The molecule has 0 radical (unpaired) electrons. The number of carbonyl (C=O) groups excluding carboxylic acids is 4. The van der Waals surface area contributed by atoms with E-state index < -0.39 is 60.5 Å². The summed E-state index contributed by atoms with van der Waals surface area (Å²) in [6.45, 7) is -0.988. The third-order valence-corrected chi connectivity index (χ3v) is 15.8. The number of ether oxygens (including phenoxy) is 1. The molecule has 0 saturated carbocycles. The van der Waals surface area contributed by atoms with E-state index in [1.165, 1.54) is 51.0 Å². The Morgan fingerprint density at radius 3 is 1.86 bits per heavy atom. The summed E-state index contributed by atoms with van der Waals surface area (Å²) in [5.41, 5.74) is 4.39. The second-order valence-corrected chi connectivity index (χ2v) is 21.0. The second kappa shape index (κ2) is 18.2. The van der Waals surface area contributed by atoms with Crippen LogP contribution in [0.1, 0.15) is 31.8 Å². The fourth-order valence-corrected chi connectivity index (χ4v) is 11.1. The number of aromatic nitrogens is 2. The fraction of sp³-hybridized carbons (Fsp3) is 0.289. The van der Waals surface area contributed by atoms with E-state index in [4.69, 9.17) is 10.6 Å². The van der Waals surface area contributed by atoms with Crippen LogP contribution in [0, 0.1) is 11.6 Å². The van der Waals surface area contributed by atoms with Crippen molar-refractivity contribution in [2.75, 3.05) is 60.3 Å². The Morgan fingerprint density at radius 1 is 0.712 bits per heavy atom. The molecule has 8 rings (SSSR count). The summed E-state index contributed by atoms with van der Waals surface area (Å²) in [6.07, 6.45) is 3.56. The summed E-state index contributed by atoms with van der Waals surface area (Å²) in [4.78, 5) is 58.3. The van der Waals surface area contributed by atoms with E-state index >= 15 is 8.78 Å². The molecule has 6 aromatic rings. The molecule has 1 atom stereocenters. The maximum atomic E-state index is 15.6. The van der Waals surface area contributed by atoms with Crippen molar-refractivity contribution in [3.63, 3.8) is 0 Å². The quantitative estimate of drug-likeness (QED) is 0.0846. The fourth-order valence-electron chi connectivity index (χ4n) is 8.32. The molecule has 2 saturated heterocycles. The van der Waals surface area contributed by atoms with Crippen molar-refractivity contribution in [2.24, 2.45) is 12.9 Å². The lowest BCUT2D eigenvalue weighted by Crippen LogP contribution is -2.54. The van der Waals surface area contributed by atoms with Crippen LogP contribution in [0.5, 0.6) is 0 Å². The van der Waals surface area contributed by atoms with Crippen LogP contribution >= 0.6 is 0 Å². The predicted octanol–water partition coefficient (Wildman–Crippen LogP) is 4.58. The molecule has 0 bridgehead atoms. The third kappa shape index (κ3) is 9.31. The molecule has 1 unspecified atom stereocenters. The summed E-state index contributed by atoms with van der Waals surface area (Å²) in [5.74, 6) is 1.49. The molecule has 0 spiro atoms. The molecule has 3 N–H and O–H groups in total. The van der Waals surface area contributed by atoms with Gasteiger partial charge >= 0.3 is 18.0 Å². The number of hydrogen-bond acceptors (Lipinski definition) is 10. The van der Waals surface area contributed by atoms with E-state index in [9.17, 15) is 36.0 Å². The van der Waals surface area contributed by atoms with Gasteiger partial charge in [-0.05, 0) is 72.8 Å². The number of amides is 5. The molecule has 2 aliphatic heterocycles. The van der Waals surface area contributed by atoms with Gasteiger partial charge in [-0.3, -0.25) is 20.0 Å². The van der Waals surface area contributed by atoms with Gasteiger partial charge in [0.25, 0.3) is 5.91 Å². The van der Waals surface area contributed by atoms with E-state index in [0.29, 0.717) is 22.3 Å². The topological polar surface area (TPSA) is 207 Å². The average Bonchev–Trinajstić information content (AvgIpc) is 3.89. The zero-order chi connectivity index (χ0) is 47.1. The minimum atomic E-state index is -3.74. The van der Waals surface area contributed by atoms with Gasteiger partial charge in [-0.1, -0.05) is 12.1 Å². The number of nitrogens with two attached hydrogens (primary N) is 1. The van der Waals surface area contributed by atoms with Crippen LogP contribution in [0.2, 0.25) is 0 Å². The van der Waals surface area contributed by atoms with Crippen LogP contribution in [-0.2, 0) is 51.1 Å². The summed E-state index contributed by atoms with van der Waals surface area (Å²) in [6, 6.07) is 20.4. The minimum Gasteiger partial charge on any atom is -0.465 e. The van der Waals surface area contributed by atoms with Gasteiger partial charge in [0.05, 0.1) is 48.3 Å². The van der Waals surface area contributed by atoms with E-state index in [-0.39, 0.29) is 85.3 Å². The molecule has 4 aromatic carbocycles. The molecule has 0 aliphatic carbocycles. The number of rotatable bonds is 10. The molecular weight excluding hydrogens is 899 g/mol. The van der Waals surface area contributed by atoms with Crippen molar-refractivity contribution in [1.82, 2.24) is 24.4 Å². The number of esters is 1.